The zero-order valence-electron chi connectivity index (χ0n) is 65.1. The van der Waals surface area contributed by atoms with Crippen LogP contribution < -0.4 is 21.3 Å². The summed E-state index contributed by atoms with van der Waals surface area (Å²) in [5.74, 6) is 32.7. The molecular formula is C96H140N4. The molecule has 16 saturated carbocycles. The zero-order valence-corrected chi connectivity index (χ0v) is 65.1. The maximum atomic E-state index is 5.25. The van der Waals surface area contributed by atoms with Crippen molar-refractivity contribution in [2.45, 2.75) is 332 Å². The number of fused-ring (bicyclic) bond motifs is 12. The van der Waals surface area contributed by atoms with E-state index in [-0.39, 0.29) is 21.7 Å². The van der Waals surface area contributed by atoms with Crippen LogP contribution in [0.2, 0.25) is 0 Å². The van der Waals surface area contributed by atoms with Gasteiger partial charge in [-0.05, 0) is 411 Å². The minimum absolute atomic E-state index is 0.0892. The SMILES string of the molecule is CC(C)(C)c1cc(C2C3CCC(N3)C3C4CC5CCC6CCC7CCC8CCC9CC(C%10CC(NC%103)C(c3cc(C(C)(C)C)cc(C(C)(C)C)c3)C3CC%10C%11CC%12CCC%13CCC%14CCC%15CCC%16CC(C(C%17CCC2N%17)C%10N3)C%11C2C%12C%13C%14C%15C%162)C4C2C9C8C7C6C52)cc(C(C)(C)C)c1. The molecule has 23 rings (SSSR count). The van der Waals surface area contributed by atoms with Crippen molar-refractivity contribution < 1.29 is 0 Å². The van der Waals surface area contributed by atoms with Gasteiger partial charge < -0.3 is 21.3 Å². The third-order valence-electron chi connectivity index (χ3n) is 40.2. The molecule has 4 N–H and O–H groups in total. The maximum Gasteiger partial charge on any atom is 0.0157 e. The number of hydrogen-bond donors (Lipinski definition) is 4. The normalized spacial score (nSPS) is 56.4. The molecule has 21 aliphatic rings. The molecular weight excluding hydrogens is 1210 g/mol. The van der Waals surface area contributed by atoms with E-state index in [0.717, 1.165) is 189 Å². The first kappa shape index (κ1) is 64.3. The molecule has 2 aromatic rings. The summed E-state index contributed by atoms with van der Waals surface area (Å²) in [6, 6.07) is 21.4. The van der Waals surface area contributed by atoms with Crippen molar-refractivity contribution in [3.05, 3.63) is 69.8 Å². The maximum absolute atomic E-state index is 5.25. The molecule has 16 aliphatic carbocycles. The predicted octanol–water partition coefficient (Wildman–Crippen LogP) is 20.2. The van der Waals surface area contributed by atoms with E-state index in [1.165, 1.54) is 38.5 Å². The van der Waals surface area contributed by atoms with E-state index in [4.69, 9.17) is 21.3 Å². The van der Waals surface area contributed by atoms with Crippen molar-refractivity contribution in [1.29, 1.82) is 0 Å². The van der Waals surface area contributed by atoms with Gasteiger partial charge in [-0.15, -0.1) is 0 Å². The molecule has 8 bridgehead atoms. The molecule has 4 nitrogen and oxygen atoms in total. The standard InChI is InChI=1S/C96H140N4/c1-93(2,3)57-33-55(34-58(41-57)94(4,5)6)73-67-29-31-69(97-67)87-65-39-53-27-23-49-19-15-45-13-17-47-21-25-51-37-61(85(65)89-81(51)77(47)75(45)79(49)83(53)89)63-43-71(99-91(63)87)74(56-35-59(95(7,8)9)42-60(36-56)96(10,11)12)72-44-64-62-38-52-26-22-48-18-14-46-16-20-50-24-28-54-40-66(88(92(64)100-72)70-32-30-68(73)98-70)86(62)90-82(52)78(48)76(46)80(50)84(54)90/h33-36,41-42,45-54,61-92,97-100H,13-32,37-40,43-44H2,1-12H3. The minimum atomic E-state index is 0.0892. The van der Waals surface area contributed by atoms with Gasteiger partial charge in [0.15, 0.2) is 0 Å². The summed E-state index contributed by atoms with van der Waals surface area (Å²) >= 11 is 0. The highest BCUT2D eigenvalue weighted by atomic mass is 15.1. The summed E-state index contributed by atoms with van der Waals surface area (Å²) in [5.41, 5.74) is 10.2. The van der Waals surface area contributed by atoms with Gasteiger partial charge in [-0.3, -0.25) is 0 Å². The van der Waals surface area contributed by atoms with E-state index in [2.05, 4.69) is 119 Å². The molecule has 21 fully saturated rings. The van der Waals surface area contributed by atoms with Crippen LogP contribution in [0.15, 0.2) is 36.4 Å². The second-order valence-electron chi connectivity index (χ2n) is 47.1. The summed E-state index contributed by atoms with van der Waals surface area (Å²) in [6.45, 7) is 30.6. The van der Waals surface area contributed by atoms with Gasteiger partial charge in [0.1, 0.15) is 0 Å². The monoisotopic (exact) mass is 1350 g/mol. The average Bonchev–Trinajstić information content (AvgIpc) is 0.922. The second kappa shape index (κ2) is 22.0. The molecule has 4 heteroatoms. The Kier molecular flexibility index (Phi) is 14.2. The first-order valence-corrected chi connectivity index (χ1v) is 45.4. The van der Waals surface area contributed by atoms with E-state index in [1.54, 1.807) is 162 Å². The highest BCUT2D eigenvalue weighted by Crippen LogP contribution is 2.80. The molecule has 5 saturated heterocycles. The molecule has 544 valence electrons. The van der Waals surface area contributed by atoms with Gasteiger partial charge in [-0.2, -0.15) is 0 Å². The summed E-state index contributed by atoms with van der Waals surface area (Å²) in [4.78, 5) is 0. The minimum Gasteiger partial charge on any atom is -0.310 e. The third-order valence-corrected chi connectivity index (χ3v) is 40.2. The average molecular weight is 1350 g/mol. The number of benzene rings is 2. The van der Waals surface area contributed by atoms with Crippen LogP contribution in [-0.2, 0) is 21.7 Å². The Labute approximate surface area is 608 Å². The van der Waals surface area contributed by atoms with Gasteiger partial charge in [-0.1, -0.05) is 119 Å². The molecule has 100 heavy (non-hydrogen) atoms. The van der Waals surface area contributed by atoms with Crippen LogP contribution in [0.3, 0.4) is 0 Å². The lowest BCUT2D eigenvalue weighted by molar-refractivity contribution is -0.265. The van der Waals surface area contributed by atoms with Gasteiger partial charge in [0.05, 0.1) is 0 Å². The number of nitrogens with one attached hydrogen (secondary N) is 4. The van der Waals surface area contributed by atoms with Crippen molar-refractivity contribution in [2.24, 2.45) is 189 Å². The number of hydrogen-bond acceptors (Lipinski definition) is 4. The van der Waals surface area contributed by atoms with Gasteiger partial charge in [0, 0.05) is 60.2 Å². The molecule has 5 aliphatic heterocycles. The summed E-state index contributed by atoms with van der Waals surface area (Å²) in [6.07, 6.45) is 40.4. The van der Waals surface area contributed by atoms with Crippen molar-refractivity contribution in [3.63, 3.8) is 0 Å². The highest BCUT2D eigenvalue weighted by Gasteiger charge is 2.76. The fourth-order valence-corrected chi connectivity index (χ4v) is 37.7. The van der Waals surface area contributed by atoms with E-state index in [9.17, 15) is 0 Å². The van der Waals surface area contributed by atoms with Crippen molar-refractivity contribution in [1.82, 2.24) is 21.3 Å². The van der Waals surface area contributed by atoms with Crippen LogP contribution in [0.25, 0.3) is 0 Å². The topological polar surface area (TPSA) is 48.1 Å². The Hall–Kier alpha value is -1.72. The van der Waals surface area contributed by atoms with E-state index < -0.39 is 0 Å². The predicted molar refractivity (Wildman–Crippen MR) is 408 cm³/mol. The summed E-state index contributed by atoms with van der Waals surface area (Å²) in [7, 11) is 0. The Balaban J connectivity index is 0.714. The first-order valence-electron chi connectivity index (χ1n) is 45.4. The van der Waals surface area contributed by atoms with Crippen molar-refractivity contribution >= 4 is 0 Å². The zero-order chi connectivity index (χ0) is 67.2. The molecule has 2 aromatic carbocycles. The molecule has 5 heterocycles. The van der Waals surface area contributed by atoms with E-state index in [1.807, 2.05) is 0 Å². The van der Waals surface area contributed by atoms with Gasteiger partial charge in [0.25, 0.3) is 0 Å². The Morgan fingerprint density at radius 3 is 0.750 bits per heavy atom. The molecule has 0 aromatic heterocycles. The Morgan fingerprint density at radius 2 is 0.460 bits per heavy atom. The van der Waals surface area contributed by atoms with Crippen LogP contribution in [0.5, 0.6) is 0 Å². The van der Waals surface area contributed by atoms with Gasteiger partial charge in [0.2, 0.25) is 0 Å². The Morgan fingerprint density at radius 1 is 0.210 bits per heavy atom. The summed E-state index contributed by atoms with van der Waals surface area (Å²) in [5, 5.41) is 20.7. The second-order valence-corrected chi connectivity index (χ2v) is 47.1. The molecule has 0 amide bonds. The van der Waals surface area contributed by atoms with Gasteiger partial charge >= 0.3 is 0 Å². The largest absolute Gasteiger partial charge is 0.310 e. The van der Waals surface area contributed by atoms with Crippen molar-refractivity contribution in [2.75, 3.05) is 0 Å². The lowest BCUT2D eigenvalue weighted by atomic mass is 9.30. The first-order chi connectivity index (χ1) is 48.1. The molecule has 40 atom stereocenters. The van der Waals surface area contributed by atoms with Gasteiger partial charge in [-0.25, -0.2) is 0 Å². The smallest absolute Gasteiger partial charge is 0.0157 e. The lowest BCUT2D eigenvalue weighted by Gasteiger charge is -2.75. The molecule has 0 radical (unpaired) electrons. The van der Waals surface area contributed by atoms with Crippen LogP contribution in [0.4, 0.5) is 0 Å². The Bertz CT molecular complexity index is 3290. The van der Waals surface area contributed by atoms with Crippen LogP contribution in [-0.4, -0.2) is 48.3 Å². The lowest BCUT2D eigenvalue weighted by Crippen LogP contribution is -2.71. The number of rotatable bonds is 2. The fraction of sp³-hybridized carbons (Fsp3) is 0.875. The van der Waals surface area contributed by atoms with E-state index >= 15 is 0 Å². The van der Waals surface area contributed by atoms with Crippen LogP contribution in [0, 0.1) is 189 Å². The molecule has 0 spiro atoms. The van der Waals surface area contributed by atoms with Crippen LogP contribution in [0.1, 0.15) is 295 Å². The summed E-state index contributed by atoms with van der Waals surface area (Å²) < 4.78 is 0. The third kappa shape index (κ3) is 8.96. The van der Waals surface area contributed by atoms with Crippen molar-refractivity contribution in [3.8, 4) is 0 Å². The highest BCUT2D eigenvalue weighted by molar-refractivity contribution is 5.43. The quantitative estimate of drug-likeness (QED) is 0.242. The molecule has 40 unspecified atom stereocenters. The fourth-order valence-electron chi connectivity index (χ4n) is 37.7. The van der Waals surface area contributed by atoms with E-state index in [0.29, 0.717) is 60.2 Å². The van der Waals surface area contributed by atoms with Crippen LogP contribution >= 0.6 is 0 Å².